The van der Waals surface area contributed by atoms with Gasteiger partial charge in [-0.05, 0) is 31.9 Å². The van der Waals surface area contributed by atoms with Crippen LogP contribution in [0.2, 0.25) is 0 Å². The molecular weight excluding hydrogens is 346 g/mol. The molecule has 3 rings (SSSR count). The third-order valence-corrected chi connectivity index (χ3v) is 7.74. The molecule has 130 valence electrons. The van der Waals surface area contributed by atoms with E-state index in [0.29, 0.717) is 50.2 Å². The maximum absolute atomic E-state index is 13.0. The number of hydrogen-bond donors (Lipinski definition) is 0. The van der Waals surface area contributed by atoms with Crippen molar-refractivity contribution in [3.8, 4) is 6.07 Å². The topological polar surface area (TPSA) is 59.3 Å². The van der Waals surface area contributed by atoms with Gasteiger partial charge in [0.1, 0.15) is 4.71 Å². The summed E-state index contributed by atoms with van der Waals surface area (Å²) < 4.78 is 23.9. The fourth-order valence-electron chi connectivity index (χ4n) is 3.57. The number of rotatable bonds is 4. The fraction of sp³-hybridized carbons (Fsp3) is 0.611. The zero-order chi connectivity index (χ0) is 17.2. The van der Waals surface area contributed by atoms with E-state index < -0.39 is 26.7 Å². The van der Waals surface area contributed by atoms with Crippen LogP contribution in [-0.4, -0.2) is 27.9 Å². The quantitative estimate of drug-likeness (QED) is 0.757. The van der Waals surface area contributed by atoms with Crippen LogP contribution in [0, 0.1) is 23.7 Å². The molecule has 0 N–H and O–H groups in total. The second-order valence-electron chi connectivity index (χ2n) is 6.73. The lowest BCUT2D eigenvalue weighted by atomic mass is 9.71. The van der Waals surface area contributed by atoms with Crippen LogP contribution in [0.3, 0.4) is 0 Å². The van der Waals surface area contributed by atoms with Crippen molar-refractivity contribution in [1.82, 2.24) is 0 Å². The molecular formula is C18H22ClNO3S. The van der Waals surface area contributed by atoms with Gasteiger partial charge in [-0.2, -0.15) is 5.26 Å². The van der Waals surface area contributed by atoms with E-state index in [1.807, 2.05) is 31.2 Å². The molecule has 1 aliphatic carbocycles. The van der Waals surface area contributed by atoms with Gasteiger partial charge < -0.3 is 9.47 Å². The van der Waals surface area contributed by atoms with Crippen molar-refractivity contribution in [3.05, 3.63) is 29.8 Å². The minimum Gasteiger partial charge on any atom is -0.348 e. The van der Waals surface area contributed by atoms with Crippen LogP contribution < -0.4 is 0 Å². The van der Waals surface area contributed by atoms with Gasteiger partial charge >= 0.3 is 0 Å². The fourth-order valence-corrected chi connectivity index (χ4v) is 5.60. The Kier molecular flexibility index (Phi) is 5.31. The molecule has 2 fully saturated rings. The Labute approximate surface area is 150 Å². The van der Waals surface area contributed by atoms with Gasteiger partial charge in [0.05, 0.1) is 30.1 Å². The lowest BCUT2D eigenvalue weighted by Crippen LogP contribution is -2.45. The number of benzene rings is 1. The Morgan fingerprint density at radius 1 is 1.21 bits per heavy atom. The highest BCUT2D eigenvalue weighted by atomic mass is 35.5. The van der Waals surface area contributed by atoms with E-state index in [9.17, 15) is 9.47 Å². The van der Waals surface area contributed by atoms with Crippen LogP contribution in [0.5, 0.6) is 0 Å². The molecule has 1 aromatic carbocycles. The predicted octanol–water partition coefficient (Wildman–Crippen LogP) is 3.88. The van der Waals surface area contributed by atoms with E-state index in [1.54, 1.807) is 0 Å². The number of nitriles is 1. The van der Waals surface area contributed by atoms with E-state index in [1.165, 1.54) is 0 Å². The summed E-state index contributed by atoms with van der Waals surface area (Å²) in [5.74, 6) is -0.513. The van der Waals surface area contributed by atoms with Crippen LogP contribution in [-0.2, 0) is 20.3 Å². The summed E-state index contributed by atoms with van der Waals surface area (Å²) >= 11 is 6.68. The molecule has 1 saturated heterocycles. The normalized spacial score (nSPS) is 24.4. The highest BCUT2D eigenvalue weighted by molar-refractivity contribution is 7.87. The molecule has 0 bridgehead atoms. The first-order valence-corrected chi connectivity index (χ1v) is 9.91. The van der Waals surface area contributed by atoms with Gasteiger partial charge in [0.25, 0.3) is 0 Å². The maximum atomic E-state index is 13.0. The number of aryl methyl sites for hydroxylation is 1. The van der Waals surface area contributed by atoms with E-state index >= 15 is 0 Å². The zero-order valence-electron chi connectivity index (χ0n) is 13.8. The molecule has 1 spiro atoms. The number of alkyl halides is 1. The monoisotopic (exact) mass is 367 g/mol. The summed E-state index contributed by atoms with van der Waals surface area (Å²) in [6, 6.07) is 9.83. The summed E-state index contributed by atoms with van der Waals surface area (Å²) in [5.41, 5.74) is 0.649. The molecule has 1 aromatic rings. The molecule has 0 amide bonds. The van der Waals surface area contributed by atoms with E-state index in [4.69, 9.17) is 21.1 Å². The Morgan fingerprint density at radius 3 is 2.33 bits per heavy atom. The standard InChI is InChI=1S/C18H22ClNO3S/c1-14-2-4-15(5-3-14)24(21)16(19)17(10-11-20)6-8-18(9-7-17)22-12-13-23-18/h2-5,16H,6-10,12-13H2,1H3. The lowest BCUT2D eigenvalue weighted by molar-refractivity contribution is -0.190. The van der Waals surface area contributed by atoms with E-state index in [0.717, 1.165) is 5.56 Å². The lowest BCUT2D eigenvalue weighted by Gasteiger charge is -2.44. The van der Waals surface area contributed by atoms with Crippen molar-refractivity contribution in [2.45, 2.75) is 54.4 Å². The van der Waals surface area contributed by atoms with Gasteiger partial charge in [0, 0.05) is 29.6 Å². The maximum Gasteiger partial charge on any atom is 0.168 e. The average molecular weight is 368 g/mol. The van der Waals surface area contributed by atoms with E-state index in [-0.39, 0.29) is 0 Å². The van der Waals surface area contributed by atoms with Gasteiger partial charge in [-0.3, -0.25) is 4.21 Å². The van der Waals surface area contributed by atoms with Crippen LogP contribution in [0.25, 0.3) is 0 Å². The largest absolute Gasteiger partial charge is 0.348 e. The van der Waals surface area contributed by atoms with Gasteiger partial charge in [-0.15, -0.1) is 11.6 Å². The van der Waals surface area contributed by atoms with Crippen molar-refractivity contribution in [2.24, 2.45) is 5.41 Å². The van der Waals surface area contributed by atoms with Crippen LogP contribution >= 0.6 is 11.6 Å². The number of halogens is 1. The van der Waals surface area contributed by atoms with Gasteiger partial charge in [0.15, 0.2) is 5.79 Å². The Balaban J connectivity index is 1.78. The van der Waals surface area contributed by atoms with Crippen molar-refractivity contribution in [3.63, 3.8) is 0 Å². The van der Waals surface area contributed by atoms with Gasteiger partial charge in [-0.1, -0.05) is 17.7 Å². The van der Waals surface area contributed by atoms with Crippen molar-refractivity contribution in [2.75, 3.05) is 13.2 Å². The number of ether oxygens (including phenoxy) is 2. The van der Waals surface area contributed by atoms with E-state index in [2.05, 4.69) is 6.07 Å². The highest BCUT2D eigenvalue weighted by Crippen LogP contribution is 2.51. The van der Waals surface area contributed by atoms with Crippen molar-refractivity contribution < 1.29 is 13.7 Å². The first-order chi connectivity index (χ1) is 11.5. The Hall–Kier alpha value is -0.930. The van der Waals surface area contributed by atoms with Crippen LogP contribution in [0.15, 0.2) is 29.2 Å². The van der Waals surface area contributed by atoms with Crippen LogP contribution in [0.1, 0.15) is 37.7 Å². The second kappa shape index (κ2) is 7.13. The number of nitrogens with zero attached hydrogens (tertiary/aromatic N) is 1. The highest BCUT2D eigenvalue weighted by Gasteiger charge is 2.50. The third kappa shape index (κ3) is 3.39. The third-order valence-electron chi connectivity index (χ3n) is 5.17. The first kappa shape index (κ1) is 17.9. The second-order valence-corrected chi connectivity index (χ2v) is 8.96. The molecule has 2 unspecified atom stereocenters. The molecule has 2 aliphatic rings. The van der Waals surface area contributed by atoms with Crippen LogP contribution in [0.4, 0.5) is 0 Å². The van der Waals surface area contributed by atoms with Crippen molar-refractivity contribution >= 4 is 22.4 Å². The summed E-state index contributed by atoms with van der Waals surface area (Å²) in [7, 11) is -1.36. The Morgan fingerprint density at radius 2 is 1.79 bits per heavy atom. The SMILES string of the molecule is Cc1ccc(S(=O)C(Cl)C2(CC#N)CCC3(CC2)OCCO3)cc1. The first-order valence-electron chi connectivity index (χ1n) is 8.27. The molecule has 4 nitrogen and oxygen atoms in total. The average Bonchev–Trinajstić information content (AvgIpc) is 3.05. The molecule has 1 aliphatic heterocycles. The molecule has 2 atom stereocenters. The molecule has 0 radical (unpaired) electrons. The summed E-state index contributed by atoms with van der Waals surface area (Å²) in [6.07, 6.45) is 3.07. The molecule has 1 saturated carbocycles. The molecule has 1 heterocycles. The summed E-state index contributed by atoms with van der Waals surface area (Å²) in [5, 5.41) is 9.31. The van der Waals surface area contributed by atoms with Gasteiger partial charge in [-0.25, -0.2) is 0 Å². The predicted molar refractivity (Wildman–Crippen MR) is 93.0 cm³/mol. The Bertz CT molecular complexity index is 639. The minimum absolute atomic E-state index is 0.300. The summed E-state index contributed by atoms with van der Waals surface area (Å²) in [6.45, 7) is 3.22. The van der Waals surface area contributed by atoms with Crippen molar-refractivity contribution in [1.29, 1.82) is 5.26 Å². The number of hydrogen-bond acceptors (Lipinski definition) is 4. The molecule has 6 heteroatoms. The van der Waals surface area contributed by atoms with Gasteiger partial charge in [0.2, 0.25) is 0 Å². The zero-order valence-corrected chi connectivity index (χ0v) is 15.4. The smallest absolute Gasteiger partial charge is 0.168 e. The molecule has 0 aromatic heterocycles. The molecule has 24 heavy (non-hydrogen) atoms. The minimum atomic E-state index is -1.36. The summed E-state index contributed by atoms with van der Waals surface area (Å²) in [4.78, 5) is 0.714.